The van der Waals surface area contributed by atoms with Crippen molar-refractivity contribution in [2.24, 2.45) is 0 Å². The molecule has 0 bridgehead atoms. The minimum absolute atomic E-state index is 0.0404. The number of amides is 1. The van der Waals surface area contributed by atoms with Gasteiger partial charge in [0.15, 0.2) is 0 Å². The van der Waals surface area contributed by atoms with Gasteiger partial charge in [-0.2, -0.15) is 0 Å². The second-order valence-corrected chi connectivity index (χ2v) is 7.06. The molecule has 0 radical (unpaired) electrons. The first-order chi connectivity index (χ1) is 13.0. The van der Waals surface area contributed by atoms with Crippen LogP contribution in [0.1, 0.15) is 60.7 Å². The zero-order valence-electron chi connectivity index (χ0n) is 15.8. The summed E-state index contributed by atoms with van der Waals surface area (Å²) in [5.41, 5.74) is 3.56. The maximum Gasteiger partial charge on any atom is 0.339 e. The molecule has 1 N–H and O–H groups in total. The largest absolute Gasteiger partial charge is 0.444 e. The van der Waals surface area contributed by atoms with Gasteiger partial charge < -0.3 is 10.1 Å². The second-order valence-electron chi connectivity index (χ2n) is 7.06. The van der Waals surface area contributed by atoms with Gasteiger partial charge in [-0.15, -0.1) is 0 Å². The van der Waals surface area contributed by atoms with Crippen LogP contribution in [0.3, 0.4) is 0 Å². The molecular formula is C23H25NO3. The number of nitrogens with one attached hydrogen (secondary N) is 1. The SMILES string of the molecule is CC(C)NC(=O)C(OC(=O)c1ccc(C2=CCCC2)cc1)c1ccccc1. The number of esters is 1. The van der Waals surface area contributed by atoms with E-state index in [0.717, 1.165) is 18.4 Å². The summed E-state index contributed by atoms with van der Waals surface area (Å²) in [6.07, 6.45) is 4.65. The molecule has 0 aliphatic heterocycles. The summed E-state index contributed by atoms with van der Waals surface area (Å²) in [6.45, 7) is 3.75. The summed E-state index contributed by atoms with van der Waals surface area (Å²) in [7, 11) is 0. The van der Waals surface area contributed by atoms with Crippen molar-refractivity contribution in [1.29, 1.82) is 0 Å². The fourth-order valence-electron chi connectivity index (χ4n) is 3.19. The molecule has 4 nitrogen and oxygen atoms in total. The lowest BCUT2D eigenvalue weighted by Gasteiger charge is -2.19. The van der Waals surface area contributed by atoms with Crippen LogP contribution in [0.4, 0.5) is 0 Å². The molecule has 0 aromatic heterocycles. The first kappa shape index (κ1) is 18.9. The first-order valence-electron chi connectivity index (χ1n) is 9.40. The lowest BCUT2D eigenvalue weighted by atomic mass is 10.0. The average Bonchev–Trinajstić information content (AvgIpc) is 3.21. The Labute approximate surface area is 160 Å². The number of hydrogen-bond donors (Lipinski definition) is 1. The van der Waals surface area contributed by atoms with Crippen molar-refractivity contribution in [1.82, 2.24) is 5.32 Å². The van der Waals surface area contributed by atoms with Crippen molar-refractivity contribution in [2.75, 3.05) is 0 Å². The van der Waals surface area contributed by atoms with E-state index in [-0.39, 0.29) is 11.9 Å². The quantitative estimate of drug-likeness (QED) is 0.759. The van der Waals surface area contributed by atoms with Crippen molar-refractivity contribution < 1.29 is 14.3 Å². The van der Waals surface area contributed by atoms with Crippen molar-refractivity contribution in [2.45, 2.75) is 45.3 Å². The number of rotatable bonds is 6. The highest BCUT2D eigenvalue weighted by atomic mass is 16.5. The van der Waals surface area contributed by atoms with Crippen LogP contribution in [-0.2, 0) is 9.53 Å². The highest BCUT2D eigenvalue weighted by Gasteiger charge is 2.26. The Morgan fingerprint density at radius 1 is 1.00 bits per heavy atom. The summed E-state index contributed by atoms with van der Waals surface area (Å²) in [6, 6.07) is 16.4. The highest BCUT2D eigenvalue weighted by molar-refractivity contribution is 5.93. The van der Waals surface area contributed by atoms with Crippen LogP contribution >= 0.6 is 0 Å². The normalized spacial score (nSPS) is 14.6. The maximum absolute atomic E-state index is 12.6. The Balaban J connectivity index is 1.76. The van der Waals surface area contributed by atoms with Gasteiger partial charge in [-0.05, 0) is 56.4 Å². The third kappa shape index (κ3) is 4.85. The Hall–Kier alpha value is -2.88. The number of allylic oxidation sites excluding steroid dienone is 2. The monoisotopic (exact) mass is 363 g/mol. The van der Waals surface area contributed by atoms with Gasteiger partial charge in [0.25, 0.3) is 5.91 Å². The lowest BCUT2D eigenvalue weighted by molar-refractivity contribution is -0.130. The fraction of sp³-hybridized carbons (Fsp3) is 0.304. The van der Waals surface area contributed by atoms with Crippen LogP contribution in [0, 0.1) is 0 Å². The molecule has 1 unspecified atom stereocenters. The van der Waals surface area contributed by atoms with Crippen LogP contribution in [0.25, 0.3) is 5.57 Å². The highest BCUT2D eigenvalue weighted by Crippen LogP contribution is 2.28. The van der Waals surface area contributed by atoms with Crippen molar-refractivity contribution >= 4 is 17.4 Å². The summed E-state index contributed by atoms with van der Waals surface area (Å²) >= 11 is 0. The van der Waals surface area contributed by atoms with E-state index in [1.54, 1.807) is 24.3 Å². The molecule has 0 saturated heterocycles. The zero-order valence-corrected chi connectivity index (χ0v) is 15.8. The molecule has 140 valence electrons. The van der Waals surface area contributed by atoms with E-state index in [1.165, 1.54) is 12.0 Å². The second kappa shape index (κ2) is 8.67. The van der Waals surface area contributed by atoms with E-state index < -0.39 is 12.1 Å². The summed E-state index contributed by atoms with van der Waals surface area (Å²) in [4.78, 5) is 25.2. The Morgan fingerprint density at radius 2 is 1.70 bits per heavy atom. The minimum Gasteiger partial charge on any atom is -0.444 e. The molecular weight excluding hydrogens is 338 g/mol. The van der Waals surface area contributed by atoms with Gasteiger partial charge in [0.1, 0.15) is 0 Å². The Kier molecular flexibility index (Phi) is 6.07. The van der Waals surface area contributed by atoms with Gasteiger partial charge in [0.2, 0.25) is 6.10 Å². The molecule has 0 saturated carbocycles. The molecule has 0 fully saturated rings. The van der Waals surface area contributed by atoms with E-state index in [2.05, 4.69) is 11.4 Å². The standard InChI is InChI=1S/C23H25NO3/c1-16(2)24-22(25)21(19-10-4-3-5-11-19)27-23(26)20-14-12-18(13-15-20)17-8-6-7-9-17/h3-5,8,10-16,21H,6-7,9H2,1-2H3,(H,24,25). The zero-order chi connectivity index (χ0) is 19.2. The number of hydrogen-bond acceptors (Lipinski definition) is 3. The van der Waals surface area contributed by atoms with Gasteiger partial charge in [-0.3, -0.25) is 4.79 Å². The summed E-state index contributed by atoms with van der Waals surface area (Å²) < 4.78 is 5.59. The van der Waals surface area contributed by atoms with Gasteiger partial charge in [-0.1, -0.05) is 48.5 Å². The molecule has 1 atom stereocenters. The summed E-state index contributed by atoms with van der Waals surface area (Å²) in [5, 5.41) is 2.82. The molecule has 1 aliphatic rings. The average molecular weight is 363 g/mol. The molecule has 3 rings (SSSR count). The smallest absolute Gasteiger partial charge is 0.339 e. The van der Waals surface area contributed by atoms with E-state index in [0.29, 0.717) is 11.1 Å². The summed E-state index contributed by atoms with van der Waals surface area (Å²) in [5.74, 6) is -0.827. The first-order valence-corrected chi connectivity index (χ1v) is 9.40. The molecule has 0 spiro atoms. The number of carbonyl (C=O) groups is 2. The molecule has 2 aromatic carbocycles. The number of benzene rings is 2. The van der Waals surface area contributed by atoms with Crippen LogP contribution in [0.15, 0.2) is 60.7 Å². The molecule has 1 aliphatic carbocycles. The molecule has 27 heavy (non-hydrogen) atoms. The van der Waals surface area contributed by atoms with Crippen LogP contribution in [-0.4, -0.2) is 17.9 Å². The topological polar surface area (TPSA) is 55.4 Å². The molecule has 2 aromatic rings. The van der Waals surface area contributed by atoms with Crippen molar-refractivity contribution in [3.05, 3.63) is 77.4 Å². The van der Waals surface area contributed by atoms with Crippen LogP contribution in [0.2, 0.25) is 0 Å². The van der Waals surface area contributed by atoms with Gasteiger partial charge in [0.05, 0.1) is 5.56 Å². The molecule has 4 heteroatoms. The lowest BCUT2D eigenvalue weighted by Crippen LogP contribution is -2.36. The van der Waals surface area contributed by atoms with Gasteiger partial charge >= 0.3 is 5.97 Å². The predicted molar refractivity (Wildman–Crippen MR) is 106 cm³/mol. The third-order valence-electron chi connectivity index (χ3n) is 4.53. The maximum atomic E-state index is 12.6. The van der Waals surface area contributed by atoms with E-state index in [1.807, 2.05) is 44.2 Å². The van der Waals surface area contributed by atoms with Crippen LogP contribution in [0.5, 0.6) is 0 Å². The third-order valence-corrected chi connectivity index (χ3v) is 4.53. The number of ether oxygens (including phenoxy) is 1. The van der Waals surface area contributed by atoms with Crippen molar-refractivity contribution in [3.63, 3.8) is 0 Å². The molecule has 0 heterocycles. The van der Waals surface area contributed by atoms with E-state index in [9.17, 15) is 9.59 Å². The van der Waals surface area contributed by atoms with Crippen molar-refractivity contribution in [3.8, 4) is 0 Å². The Morgan fingerprint density at radius 3 is 2.30 bits per heavy atom. The predicted octanol–water partition coefficient (Wildman–Crippen LogP) is 4.68. The van der Waals surface area contributed by atoms with Crippen LogP contribution < -0.4 is 5.32 Å². The minimum atomic E-state index is -0.974. The van der Waals surface area contributed by atoms with E-state index in [4.69, 9.17) is 4.74 Å². The Bertz CT molecular complexity index is 822. The molecule has 1 amide bonds. The fourth-order valence-corrected chi connectivity index (χ4v) is 3.19. The number of carbonyl (C=O) groups excluding carboxylic acids is 2. The van der Waals surface area contributed by atoms with E-state index >= 15 is 0 Å². The van der Waals surface area contributed by atoms with Gasteiger partial charge in [0, 0.05) is 11.6 Å². The van der Waals surface area contributed by atoms with Gasteiger partial charge in [-0.25, -0.2) is 4.79 Å².